The monoisotopic (exact) mass is 541 g/mol. The highest BCUT2D eigenvalue weighted by Crippen LogP contribution is 2.53. The normalized spacial score (nSPS) is 15.2. The van der Waals surface area contributed by atoms with Crippen LogP contribution in [0.4, 0.5) is 17.1 Å². The van der Waals surface area contributed by atoms with Gasteiger partial charge in [-0.25, -0.2) is 0 Å². The van der Waals surface area contributed by atoms with Crippen molar-refractivity contribution in [3.63, 3.8) is 0 Å². The van der Waals surface area contributed by atoms with Crippen LogP contribution in [0.25, 0.3) is 33.0 Å². The fourth-order valence-corrected chi connectivity index (χ4v) is 7.64. The molecular weight excluding hydrogens is 506 g/mol. The lowest BCUT2D eigenvalue weighted by Crippen LogP contribution is -2.17. The maximum atomic E-state index is 2.46. The van der Waals surface area contributed by atoms with Crippen molar-refractivity contribution in [1.29, 1.82) is 0 Å². The van der Waals surface area contributed by atoms with Crippen LogP contribution in [0.1, 0.15) is 55.5 Å². The molecule has 0 saturated carbocycles. The van der Waals surface area contributed by atoms with Crippen LogP contribution in [-0.2, 0) is 10.8 Å². The lowest BCUT2D eigenvalue weighted by atomic mass is 9.82. The Labute approximate surface area is 249 Å². The number of rotatable bonds is 3. The molecule has 6 aromatic rings. The molecule has 0 fully saturated rings. The van der Waals surface area contributed by atoms with E-state index in [0.717, 1.165) is 0 Å². The summed E-state index contributed by atoms with van der Waals surface area (Å²) in [7, 11) is 0. The Morgan fingerprint density at radius 3 is 1.76 bits per heavy atom. The molecule has 1 heteroatoms. The zero-order valence-electron chi connectivity index (χ0n) is 25.0. The third-order valence-electron chi connectivity index (χ3n) is 9.97. The Kier molecular flexibility index (Phi) is 5.20. The Morgan fingerprint density at radius 2 is 0.976 bits per heavy atom. The quantitative estimate of drug-likeness (QED) is 0.215. The minimum atomic E-state index is -0.0543. The van der Waals surface area contributed by atoms with Gasteiger partial charge in [-0.15, -0.1) is 0 Å². The van der Waals surface area contributed by atoms with Crippen molar-refractivity contribution in [3.05, 3.63) is 149 Å². The van der Waals surface area contributed by atoms with E-state index in [9.17, 15) is 0 Å². The van der Waals surface area contributed by atoms with E-state index in [-0.39, 0.29) is 10.8 Å². The van der Waals surface area contributed by atoms with Gasteiger partial charge in [0.1, 0.15) is 0 Å². The minimum absolute atomic E-state index is 0.0515. The molecule has 0 spiro atoms. The summed E-state index contributed by atoms with van der Waals surface area (Å²) in [6.45, 7) is 11.7. The molecule has 42 heavy (non-hydrogen) atoms. The number of anilines is 3. The molecule has 0 unspecified atom stereocenters. The molecular formula is C41H35N. The molecule has 0 atom stereocenters. The van der Waals surface area contributed by atoms with E-state index in [2.05, 4.69) is 161 Å². The van der Waals surface area contributed by atoms with Crippen molar-refractivity contribution in [2.75, 3.05) is 4.90 Å². The molecule has 0 aromatic heterocycles. The molecule has 6 aromatic carbocycles. The zero-order valence-corrected chi connectivity index (χ0v) is 25.0. The minimum Gasteiger partial charge on any atom is -0.310 e. The predicted octanol–water partition coefficient (Wildman–Crippen LogP) is 11.2. The standard InChI is InChI=1S/C41H35N/c1-26-12-6-11-17-39(26)42(30-18-20-32-31-15-9-10-16-35(31)40(2,3)38(32)25-30)29-19-21-36-34(24-29)33-22-27-13-7-8-14-28(27)23-37(33)41(36,4)5/h6-25H,1-5H3. The van der Waals surface area contributed by atoms with Gasteiger partial charge in [-0.1, -0.05) is 107 Å². The van der Waals surface area contributed by atoms with E-state index in [1.54, 1.807) is 0 Å². The SMILES string of the molecule is Cc1ccccc1N(c1ccc2c(c1)-c1cc3ccccc3cc1C2(C)C)c1ccc2c(c1)C(C)(C)c1ccccc1-2. The van der Waals surface area contributed by atoms with Gasteiger partial charge in [0, 0.05) is 27.9 Å². The van der Waals surface area contributed by atoms with Gasteiger partial charge in [-0.2, -0.15) is 0 Å². The Bertz CT molecular complexity index is 2060. The largest absolute Gasteiger partial charge is 0.310 e. The maximum absolute atomic E-state index is 2.46. The fraction of sp³-hybridized carbons (Fsp3) is 0.171. The lowest BCUT2D eigenvalue weighted by Gasteiger charge is -2.30. The molecule has 0 bridgehead atoms. The number of fused-ring (bicyclic) bond motifs is 7. The first-order chi connectivity index (χ1) is 20.2. The smallest absolute Gasteiger partial charge is 0.0490 e. The van der Waals surface area contributed by atoms with Crippen LogP contribution in [-0.4, -0.2) is 0 Å². The maximum Gasteiger partial charge on any atom is 0.0490 e. The average molecular weight is 542 g/mol. The second-order valence-electron chi connectivity index (χ2n) is 13.1. The van der Waals surface area contributed by atoms with E-state index in [4.69, 9.17) is 0 Å². The van der Waals surface area contributed by atoms with Crippen molar-refractivity contribution in [2.24, 2.45) is 0 Å². The summed E-state index contributed by atoms with van der Waals surface area (Å²) in [6.07, 6.45) is 0. The van der Waals surface area contributed by atoms with Crippen molar-refractivity contribution in [3.8, 4) is 22.3 Å². The third kappa shape index (κ3) is 3.43. The molecule has 1 nitrogen and oxygen atoms in total. The molecule has 204 valence electrons. The van der Waals surface area contributed by atoms with E-state index < -0.39 is 0 Å². The van der Waals surface area contributed by atoms with Gasteiger partial charge in [0.15, 0.2) is 0 Å². The van der Waals surface area contributed by atoms with Crippen LogP contribution in [0.3, 0.4) is 0 Å². The summed E-state index contributed by atoms with van der Waals surface area (Å²) in [6, 6.07) is 45.4. The summed E-state index contributed by atoms with van der Waals surface area (Å²) in [5.74, 6) is 0. The van der Waals surface area contributed by atoms with Crippen LogP contribution >= 0.6 is 0 Å². The fourth-order valence-electron chi connectivity index (χ4n) is 7.64. The van der Waals surface area contributed by atoms with Crippen LogP contribution in [0.15, 0.2) is 121 Å². The first-order valence-electron chi connectivity index (χ1n) is 15.0. The van der Waals surface area contributed by atoms with E-state index in [0.29, 0.717) is 0 Å². The van der Waals surface area contributed by atoms with Crippen molar-refractivity contribution < 1.29 is 0 Å². The van der Waals surface area contributed by atoms with Gasteiger partial charge in [-0.3, -0.25) is 0 Å². The van der Waals surface area contributed by atoms with Crippen molar-refractivity contribution in [2.45, 2.75) is 45.4 Å². The zero-order chi connectivity index (χ0) is 28.8. The molecule has 0 radical (unpaired) electrons. The Hall–Kier alpha value is -4.62. The van der Waals surface area contributed by atoms with Crippen molar-refractivity contribution in [1.82, 2.24) is 0 Å². The number of para-hydroxylation sites is 1. The van der Waals surface area contributed by atoms with E-state index in [1.807, 2.05) is 0 Å². The van der Waals surface area contributed by atoms with Gasteiger partial charge < -0.3 is 4.90 Å². The van der Waals surface area contributed by atoms with Gasteiger partial charge in [0.2, 0.25) is 0 Å². The van der Waals surface area contributed by atoms with Gasteiger partial charge in [-0.05, 0) is 110 Å². The van der Waals surface area contributed by atoms with Gasteiger partial charge >= 0.3 is 0 Å². The second kappa shape index (κ2) is 8.69. The second-order valence-corrected chi connectivity index (χ2v) is 13.1. The molecule has 0 aliphatic heterocycles. The topological polar surface area (TPSA) is 3.24 Å². The summed E-state index contributed by atoms with van der Waals surface area (Å²) in [5, 5.41) is 2.60. The molecule has 2 aliphatic carbocycles. The Balaban J connectivity index is 1.34. The van der Waals surface area contributed by atoms with Gasteiger partial charge in [0.25, 0.3) is 0 Å². The lowest BCUT2D eigenvalue weighted by molar-refractivity contribution is 0.660. The van der Waals surface area contributed by atoms with Crippen LogP contribution in [0.5, 0.6) is 0 Å². The van der Waals surface area contributed by atoms with E-state index >= 15 is 0 Å². The summed E-state index contributed by atoms with van der Waals surface area (Å²) < 4.78 is 0. The summed E-state index contributed by atoms with van der Waals surface area (Å²) >= 11 is 0. The number of hydrogen-bond donors (Lipinski definition) is 0. The highest BCUT2D eigenvalue weighted by atomic mass is 15.1. The van der Waals surface area contributed by atoms with Crippen molar-refractivity contribution >= 4 is 27.8 Å². The van der Waals surface area contributed by atoms with Crippen LogP contribution in [0, 0.1) is 6.92 Å². The average Bonchev–Trinajstić information content (AvgIpc) is 3.36. The predicted molar refractivity (Wildman–Crippen MR) is 178 cm³/mol. The van der Waals surface area contributed by atoms with Crippen LogP contribution < -0.4 is 4.90 Å². The molecule has 0 heterocycles. The molecule has 0 amide bonds. The summed E-state index contributed by atoms with van der Waals surface area (Å²) in [4.78, 5) is 2.46. The Morgan fingerprint density at radius 1 is 0.429 bits per heavy atom. The molecule has 0 N–H and O–H groups in total. The van der Waals surface area contributed by atoms with Crippen LogP contribution in [0.2, 0.25) is 0 Å². The van der Waals surface area contributed by atoms with E-state index in [1.165, 1.54) is 77.9 Å². The number of hydrogen-bond acceptors (Lipinski definition) is 1. The molecule has 8 rings (SSSR count). The first-order valence-corrected chi connectivity index (χ1v) is 15.0. The highest BCUT2D eigenvalue weighted by molar-refractivity contribution is 5.95. The third-order valence-corrected chi connectivity index (χ3v) is 9.97. The number of benzene rings is 6. The number of nitrogens with zero attached hydrogens (tertiary/aromatic N) is 1. The molecule has 0 saturated heterocycles. The number of aryl methyl sites for hydroxylation is 1. The first kappa shape index (κ1) is 25.1. The highest BCUT2D eigenvalue weighted by Gasteiger charge is 2.38. The van der Waals surface area contributed by atoms with Gasteiger partial charge in [0.05, 0.1) is 0 Å². The molecule has 2 aliphatic rings. The summed E-state index contributed by atoms with van der Waals surface area (Å²) in [5.41, 5.74) is 15.7.